The summed E-state index contributed by atoms with van der Waals surface area (Å²) >= 11 is 11.9. The lowest BCUT2D eigenvalue weighted by Gasteiger charge is -2.29. The SMILES string of the molecule is O=C(CN(C(=O)c1ccc(Cl)c(Cl)c1)N1C(=O)c2cccc([N+](=O)[O-])c2C1=O)c1ccccc1. The summed E-state index contributed by atoms with van der Waals surface area (Å²) in [7, 11) is 0. The minimum atomic E-state index is -1.10. The lowest BCUT2D eigenvalue weighted by Crippen LogP contribution is -2.51. The first-order chi connectivity index (χ1) is 16.2. The molecule has 3 aromatic carbocycles. The quantitative estimate of drug-likeness (QED) is 0.215. The predicted octanol–water partition coefficient (Wildman–Crippen LogP) is 4.44. The number of hydrogen-bond donors (Lipinski definition) is 0. The van der Waals surface area contributed by atoms with Crippen molar-refractivity contribution in [1.29, 1.82) is 0 Å². The number of nitrogens with zero attached hydrogens (tertiary/aromatic N) is 3. The first kappa shape index (κ1) is 23.1. The molecule has 1 heterocycles. The van der Waals surface area contributed by atoms with E-state index in [9.17, 15) is 29.3 Å². The molecule has 0 unspecified atom stereocenters. The number of rotatable bonds is 6. The molecule has 170 valence electrons. The summed E-state index contributed by atoms with van der Waals surface area (Å²) in [6, 6.07) is 15.4. The second kappa shape index (κ2) is 9.05. The van der Waals surface area contributed by atoms with Crippen molar-refractivity contribution >= 4 is 52.4 Å². The molecule has 0 atom stereocenters. The molecule has 0 aromatic heterocycles. The summed E-state index contributed by atoms with van der Waals surface area (Å²) in [5, 5.41) is 12.8. The standard InChI is InChI=1S/C23H13Cl2N3O6/c24-16-10-9-14(11-17(16)25)21(30)26(12-19(29)13-5-2-1-3-6-13)27-22(31)15-7-4-8-18(28(33)34)20(15)23(27)32/h1-11H,12H2. The Balaban J connectivity index is 1.80. The number of fused-ring (bicyclic) bond motifs is 1. The van der Waals surface area contributed by atoms with Gasteiger partial charge in [-0.1, -0.05) is 59.6 Å². The number of amides is 3. The molecule has 0 saturated carbocycles. The molecular weight excluding hydrogens is 485 g/mol. The molecule has 0 N–H and O–H groups in total. The Kier molecular flexibility index (Phi) is 6.14. The molecule has 0 radical (unpaired) electrons. The smallest absolute Gasteiger partial charge is 0.287 e. The van der Waals surface area contributed by atoms with Crippen molar-refractivity contribution in [3.05, 3.63) is 109 Å². The fourth-order valence-electron chi connectivity index (χ4n) is 3.49. The third kappa shape index (κ3) is 4.02. The van der Waals surface area contributed by atoms with Gasteiger partial charge < -0.3 is 0 Å². The topological polar surface area (TPSA) is 118 Å². The molecule has 0 fully saturated rings. The minimum absolute atomic E-state index is 0.0415. The van der Waals surface area contributed by atoms with Gasteiger partial charge in [0.05, 0.1) is 20.5 Å². The van der Waals surface area contributed by atoms with Crippen LogP contribution in [-0.4, -0.2) is 45.0 Å². The number of carbonyl (C=O) groups is 4. The van der Waals surface area contributed by atoms with Crippen LogP contribution in [0.4, 0.5) is 5.69 Å². The van der Waals surface area contributed by atoms with E-state index in [2.05, 4.69) is 0 Å². The number of carbonyl (C=O) groups excluding carboxylic acids is 4. The maximum atomic E-state index is 13.4. The maximum absolute atomic E-state index is 13.4. The van der Waals surface area contributed by atoms with Crippen molar-refractivity contribution in [3.8, 4) is 0 Å². The third-order valence-electron chi connectivity index (χ3n) is 5.10. The fourth-order valence-corrected chi connectivity index (χ4v) is 3.79. The Bertz CT molecular complexity index is 1380. The van der Waals surface area contributed by atoms with Crippen LogP contribution in [-0.2, 0) is 0 Å². The number of Topliss-reactive ketones (excluding diaryl/α,β-unsaturated/α-hetero) is 1. The van der Waals surface area contributed by atoms with E-state index in [0.717, 1.165) is 6.07 Å². The van der Waals surface area contributed by atoms with Crippen LogP contribution in [0.5, 0.6) is 0 Å². The molecule has 1 aliphatic rings. The zero-order valence-corrected chi connectivity index (χ0v) is 18.6. The summed E-state index contributed by atoms with van der Waals surface area (Å²) < 4.78 is 0. The highest BCUT2D eigenvalue weighted by molar-refractivity contribution is 6.42. The second-order valence-corrected chi connectivity index (χ2v) is 7.97. The molecule has 1 aliphatic heterocycles. The van der Waals surface area contributed by atoms with Gasteiger partial charge in [0.25, 0.3) is 23.4 Å². The van der Waals surface area contributed by atoms with Gasteiger partial charge in [-0.25, -0.2) is 5.01 Å². The number of nitro benzene ring substituents is 1. The van der Waals surface area contributed by atoms with Crippen LogP contribution in [0, 0.1) is 10.1 Å². The Morgan fingerprint density at radius 1 is 0.882 bits per heavy atom. The van der Waals surface area contributed by atoms with Crippen molar-refractivity contribution in [2.24, 2.45) is 0 Å². The number of halogens is 2. The lowest BCUT2D eigenvalue weighted by atomic mass is 10.1. The van der Waals surface area contributed by atoms with Crippen LogP contribution >= 0.6 is 23.2 Å². The van der Waals surface area contributed by atoms with Gasteiger partial charge in [0, 0.05) is 17.2 Å². The fraction of sp³-hybridized carbons (Fsp3) is 0.0435. The minimum Gasteiger partial charge on any atom is -0.292 e. The zero-order valence-electron chi connectivity index (χ0n) is 17.1. The highest BCUT2D eigenvalue weighted by Gasteiger charge is 2.46. The van der Waals surface area contributed by atoms with Crippen molar-refractivity contribution in [2.45, 2.75) is 0 Å². The molecule has 0 bridgehead atoms. The molecule has 11 heteroatoms. The number of hydrazine groups is 1. The van der Waals surface area contributed by atoms with E-state index in [1.54, 1.807) is 18.2 Å². The van der Waals surface area contributed by atoms with Crippen LogP contribution in [0.25, 0.3) is 0 Å². The van der Waals surface area contributed by atoms with Gasteiger partial charge >= 0.3 is 0 Å². The van der Waals surface area contributed by atoms with Gasteiger partial charge in [-0.3, -0.25) is 29.3 Å². The summed E-state index contributed by atoms with van der Waals surface area (Å²) in [4.78, 5) is 63.3. The van der Waals surface area contributed by atoms with Crippen LogP contribution in [0.3, 0.4) is 0 Å². The normalized spacial score (nSPS) is 12.5. The average molecular weight is 498 g/mol. The molecule has 4 rings (SSSR count). The second-order valence-electron chi connectivity index (χ2n) is 7.16. The number of benzene rings is 3. The maximum Gasteiger partial charge on any atom is 0.287 e. The Morgan fingerprint density at radius 3 is 2.24 bits per heavy atom. The van der Waals surface area contributed by atoms with Gasteiger partial charge in [0.1, 0.15) is 12.1 Å². The summed E-state index contributed by atoms with van der Waals surface area (Å²) in [6.07, 6.45) is 0. The Labute approximate surface area is 202 Å². The van der Waals surface area contributed by atoms with E-state index in [1.165, 1.54) is 42.5 Å². The van der Waals surface area contributed by atoms with Gasteiger partial charge in [-0.15, -0.1) is 0 Å². The molecule has 0 aliphatic carbocycles. The third-order valence-corrected chi connectivity index (χ3v) is 5.84. The predicted molar refractivity (Wildman–Crippen MR) is 122 cm³/mol. The summed E-state index contributed by atoms with van der Waals surface area (Å²) in [5.74, 6) is -3.54. The molecule has 0 spiro atoms. The number of imide groups is 1. The summed E-state index contributed by atoms with van der Waals surface area (Å²) in [5.41, 5.74) is -1.12. The van der Waals surface area contributed by atoms with Gasteiger partial charge in [0.2, 0.25) is 0 Å². The van der Waals surface area contributed by atoms with E-state index >= 15 is 0 Å². The average Bonchev–Trinajstić information content (AvgIpc) is 3.09. The largest absolute Gasteiger partial charge is 0.292 e. The molecule has 9 nitrogen and oxygen atoms in total. The first-order valence-electron chi connectivity index (χ1n) is 9.72. The van der Waals surface area contributed by atoms with Crippen LogP contribution in [0.15, 0.2) is 66.7 Å². The molecule has 3 aromatic rings. The van der Waals surface area contributed by atoms with E-state index < -0.39 is 46.2 Å². The van der Waals surface area contributed by atoms with E-state index in [4.69, 9.17) is 23.2 Å². The highest BCUT2D eigenvalue weighted by Crippen LogP contribution is 2.32. The monoisotopic (exact) mass is 497 g/mol. The Morgan fingerprint density at radius 2 is 1.59 bits per heavy atom. The van der Waals surface area contributed by atoms with Crippen LogP contribution < -0.4 is 0 Å². The first-order valence-corrected chi connectivity index (χ1v) is 10.5. The summed E-state index contributed by atoms with van der Waals surface area (Å²) in [6.45, 7) is -0.692. The molecular formula is C23H13Cl2N3O6. The number of nitro groups is 1. The van der Waals surface area contributed by atoms with Gasteiger partial charge in [-0.05, 0) is 24.3 Å². The van der Waals surface area contributed by atoms with Crippen LogP contribution in [0.1, 0.15) is 41.4 Å². The molecule has 0 saturated heterocycles. The van der Waals surface area contributed by atoms with E-state index in [1.807, 2.05) is 0 Å². The zero-order chi connectivity index (χ0) is 24.6. The number of hydrogen-bond acceptors (Lipinski definition) is 6. The lowest BCUT2D eigenvalue weighted by molar-refractivity contribution is -0.385. The Hall–Kier alpha value is -4.08. The molecule has 34 heavy (non-hydrogen) atoms. The molecule has 3 amide bonds. The van der Waals surface area contributed by atoms with Crippen molar-refractivity contribution in [2.75, 3.05) is 6.54 Å². The number of ketones is 1. The van der Waals surface area contributed by atoms with E-state index in [0.29, 0.717) is 10.0 Å². The van der Waals surface area contributed by atoms with Crippen LogP contribution in [0.2, 0.25) is 10.0 Å². The van der Waals surface area contributed by atoms with Gasteiger partial charge in [-0.2, -0.15) is 5.01 Å². The van der Waals surface area contributed by atoms with Crippen molar-refractivity contribution < 1.29 is 24.1 Å². The van der Waals surface area contributed by atoms with Crippen molar-refractivity contribution in [1.82, 2.24) is 10.0 Å². The van der Waals surface area contributed by atoms with E-state index in [-0.39, 0.29) is 26.7 Å². The van der Waals surface area contributed by atoms with Crippen molar-refractivity contribution in [3.63, 3.8) is 0 Å². The van der Waals surface area contributed by atoms with Gasteiger partial charge in [0.15, 0.2) is 5.78 Å². The highest BCUT2D eigenvalue weighted by atomic mass is 35.5.